The molecule has 1 aromatic carbocycles. The smallest absolute Gasteiger partial charge is 0.240 e. The molecular formula is C15H23N3O3S. The average molecular weight is 325 g/mol. The zero-order valence-electron chi connectivity index (χ0n) is 13.2. The molecule has 1 heterocycles. The number of fused-ring (bicyclic) bond motifs is 1. The Labute approximate surface area is 131 Å². The van der Waals surface area contributed by atoms with Crippen LogP contribution in [0.25, 0.3) is 0 Å². The minimum Gasteiger partial charge on any atom is -0.326 e. The molecule has 0 saturated heterocycles. The maximum atomic E-state index is 12.4. The summed E-state index contributed by atoms with van der Waals surface area (Å²) in [6.07, 6.45) is 0.231. The van der Waals surface area contributed by atoms with Gasteiger partial charge in [0.05, 0.1) is 11.3 Å². The van der Waals surface area contributed by atoms with Crippen LogP contribution in [0.5, 0.6) is 0 Å². The number of carbonyl (C=O) groups is 1. The highest BCUT2D eigenvalue weighted by atomic mass is 32.2. The predicted molar refractivity (Wildman–Crippen MR) is 86.3 cm³/mol. The third-order valence-corrected chi connectivity index (χ3v) is 5.44. The molecule has 1 unspecified atom stereocenters. The van der Waals surface area contributed by atoms with Crippen molar-refractivity contribution in [1.29, 1.82) is 0 Å². The van der Waals surface area contributed by atoms with Crippen LogP contribution in [0.1, 0.15) is 26.3 Å². The van der Waals surface area contributed by atoms with E-state index in [-0.39, 0.29) is 23.3 Å². The maximum Gasteiger partial charge on any atom is 0.240 e. The second-order valence-corrected chi connectivity index (χ2v) is 7.23. The molecule has 6 nitrogen and oxygen atoms in total. The van der Waals surface area contributed by atoms with Crippen LogP contribution in [0.15, 0.2) is 23.1 Å². The summed E-state index contributed by atoms with van der Waals surface area (Å²) in [7, 11) is -3.56. The van der Waals surface area contributed by atoms with E-state index in [1.165, 1.54) is 6.07 Å². The summed E-state index contributed by atoms with van der Waals surface area (Å²) in [5, 5.41) is 2.70. The summed E-state index contributed by atoms with van der Waals surface area (Å²) < 4.78 is 27.4. The van der Waals surface area contributed by atoms with Crippen molar-refractivity contribution in [1.82, 2.24) is 9.62 Å². The number of rotatable bonds is 7. The lowest BCUT2D eigenvalue weighted by atomic mass is 10.2. The van der Waals surface area contributed by atoms with Crippen LogP contribution in [-0.2, 0) is 21.2 Å². The van der Waals surface area contributed by atoms with Crippen molar-refractivity contribution in [2.45, 2.75) is 38.1 Å². The fourth-order valence-electron chi connectivity index (χ4n) is 2.66. The Kier molecular flexibility index (Phi) is 5.20. The summed E-state index contributed by atoms with van der Waals surface area (Å²) in [6, 6.07) is 4.86. The lowest BCUT2D eigenvalue weighted by molar-refractivity contribution is -0.115. The fourth-order valence-corrected chi connectivity index (χ4v) is 3.83. The van der Waals surface area contributed by atoms with Gasteiger partial charge in [0.1, 0.15) is 0 Å². The number of nitrogens with one attached hydrogen (secondary N) is 2. The van der Waals surface area contributed by atoms with Crippen molar-refractivity contribution in [3.63, 3.8) is 0 Å². The van der Waals surface area contributed by atoms with E-state index < -0.39 is 10.0 Å². The molecule has 0 radical (unpaired) electrons. The Hall–Kier alpha value is -1.44. The molecule has 0 saturated carbocycles. The van der Waals surface area contributed by atoms with E-state index >= 15 is 0 Å². The van der Waals surface area contributed by atoms with Gasteiger partial charge in [0.15, 0.2) is 0 Å². The Morgan fingerprint density at radius 3 is 2.64 bits per heavy atom. The minimum absolute atomic E-state index is 0.104. The Morgan fingerprint density at radius 2 is 2.00 bits per heavy atom. The maximum absolute atomic E-state index is 12.4. The average Bonchev–Trinajstić information content (AvgIpc) is 2.85. The summed E-state index contributed by atoms with van der Waals surface area (Å²) in [6.45, 7) is 8.23. The van der Waals surface area contributed by atoms with Gasteiger partial charge in [0, 0.05) is 18.3 Å². The lowest BCUT2D eigenvalue weighted by Gasteiger charge is -2.26. The highest BCUT2D eigenvalue weighted by Gasteiger charge is 2.22. The van der Waals surface area contributed by atoms with Crippen LogP contribution in [0.2, 0.25) is 0 Å². The van der Waals surface area contributed by atoms with Crippen molar-refractivity contribution < 1.29 is 13.2 Å². The second kappa shape index (κ2) is 6.76. The first kappa shape index (κ1) is 16.9. The molecule has 1 amide bonds. The number of likely N-dealkylation sites (N-methyl/N-ethyl adjacent to an activating group) is 1. The molecule has 22 heavy (non-hydrogen) atoms. The second-order valence-electron chi connectivity index (χ2n) is 5.47. The number of amides is 1. The Bertz CT molecular complexity index is 654. The third-order valence-electron chi connectivity index (χ3n) is 4.02. The molecule has 2 rings (SSSR count). The molecule has 0 bridgehead atoms. The summed E-state index contributed by atoms with van der Waals surface area (Å²) in [5.41, 5.74) is 1.42. The van der Waals surface area contributed by atoms with Crippen LogP contribution in [0, 0.1) is 0 Å². The molecule has 7 heteroatoms. The van der Waals surface area contributed by atoms with Crippen LogP contribution >= 0.6 is 0 Å². The van der Waals surface area contributed by atoms with Gasteiger partial charge in [-0.2, -0.15) is 0 Å². The summed E-state index contributed by atoms with van der Waals surface area (Å²) in [4.78, 5) is 13.7. The number of sulfonamides is 1. The molecule has 1 aliphatic heterocycles. The van der Waals surface area contributed by atoms with Gasteiger partial charge < -0.3 is 5.32 Å². The number of carbonyl (C=O) groups excluding carboxylic acids is 1. The van der Waals surface area contributed by atoms with Gasteiger partial charge in [-0.3, -0.25) is 9.69 Å². The van der Waals surface area contributed by atoms with Crippen LogP contribution in [-0.4, -0.2) is 44.9 Å². The van der Waals surface area contributed by atoms with E-state index in [0.29, 0.717) is 12.2 Å². The van der Waals surface area contributed by atoms with E-state index in [9.17, 15) is 13.2 Å². The minimum atomic E-state index is -3.56. The van der Waals surface area contributed by atoms with Gasteiger partial charge in [-0.15, -0.1) is 0 Å². The molecule has 0 aliphatic carbocycles. The van der Waals surface area contributed by atoms with Crippen molar-refractivity contribution >= 4 is 21.6 Å². The number of anilines is 1. The van der Waals surface area contributed by atoms with E-state index in [4.69, 9.17) is 0 Å². The first-order chi connectivity index (χ1) is 10.4. The molecule has 0 spiro atoms. The van der Waals surface area contributed by atoms with Gasteiger partial charge >= 0.3 is 0 Å². The number of hydrogen-bond donors (Lipinski definition) is 2. The largest absolute Gasteiger partial charge is 0.326 e. The third kappa shape index (κ3) is 3.66. The van der Waals surface area contributed by atoms with E-state index in [0.717, 1.165) is 18.7 Å². The molecule has 122 valence electrons. The van der Waals surface area contributed by atoms with E-state index in [2.05, 4.69) is 28.8 Å². The van der Waals surface area contributed by atoms with Gasteiger partial charge in [0.25, 0.3) is 0 Å². The molecular weight excluding hydrogens is 302 g/mol. The van der Waals surface area contributed by atoms with Crippen LogP contribution in [0.4, 0.5) is 5.69 Å². The Morgan fingerprint density at radius 1 is 1.32 bits per heavy atom. The quantitative estimate of drug-likeness (QED) is 0.789. The van der Waals surface area contributed by atoms with Crippen LogP contribution in [0.3, 0.4) is 0 Å². The normalized spacial score (nSPS) is 15.7. The topological polar surface area (TPSA) is 78.5 Å². The molecule has 1 aliphatic rings. The molecule has 1 aromatic rings. The summed E-state index contributed by atoms with van der Waals surface area (Å²) in [5.74, 6) is -0.104. The van der Waals surface area contributed by atoms with Crippen molar-refractivity contribution in [3.8, 4) is 0 Å². The first-order valence-electron chi connectivity index (χ1n) is 7.53. The molecule has 0 fully saturated rings. The highest BCUT2D eigenvalue weighted by Crippen LogP contribution is 2.25. The van der Waals surface area contributed by atoms with Crippen molar-refractivity contribution in [2.24, 2.45) is 0 Å². The zero-order valence-corrected chi connectivity index (χ0v) is 14.0. The highest BCUT2D eigenvalue weighted by molar-refractivity contribution is 7.89. The lowest BCUT2D eigenvalue weighted by Crippen LogP contribution is -2.41. The zero-order chi connectivity index (χ0) is 16.3. The molecule has 0 aromatic heterocycles. The molecule has 1 atom stereocenters. The number of nitrogens with zero attached hydrogens (tertiary/aromatic N) is 1. The fraction of sp³-hybridized carbons (Fsp3) is 0.533. The first-order valence-corrected chi connectivity index (χ1v) is 9.02. The van der Waals surface area contributed by atoms with Gasteiger partial charge in [-0.1, -0.05) is 13.8 Å². The SMILES string of the molecule is CCN(CC)C(C)CNS(=O)(=O)c1ccc2c(c1)CC(=O)N2. The monoisotopic (exact) mass is 325 g/mol. The standard InChI is InChI=1S/C15H23N3O3S/c1-4-18(5-2)11(3)10-16-22(20,21)13-6-7-14-12(8-13)9-15(19)17-14/h6-8,11,16H,4-5,9-10H2,1-3H3,(H,17,19). The van der Waals surface area contributed by atoms with E-state index in [1.807, 2.05) is 6.92 Å². The van der Waals surface area contributed by atoms with Crippen molar-refractivity contribution in [2.75, 3.05) is 25.0 Å². The molecule has 2 N–H and O–H groups in total. The number of benzene rings is 1. The van der Waals surface area contributed by atoms with Crippen molar-refractivity contribution in [3.05, 3.63) is 23.8 Å². The van der Waals surface area contributed by atoms with E-state index in [1.54, 1.807) is 12.1 Å². The van der Waals surface area contributed by atoms with Gasteiger partial charge in [-0.25, -0.2) is 13.1 Å². The van der Waals surface area contributed by atoms with Crippen LogP contribution < -0.4 is 10.0 Å². The Balaban J connectivity index is 2.08. The number of hydrogen-bond acceptors (Lipinski definition) is 4. The van der Waals surface area contributed by atoms with Gasteiger partial charge in [-0.05, 0) is 43.8 Å². The van der Waals surface area contributed by atoms with Gasteiger partial charge in [0.2, 0.25) is 15.9 Å². The summed E-state index contributed by atoms with van der Waals surface area (Å²) >= 11 is 0. The predicted octanol–water partition coefficient (Wildman–Crippen LogP) is 1.19.